The van der Waals surface area contributed by atoms with Gasteiger partial charge in [0, 0.05) is 5.56 Å². The van der Waals surface area contributed by atoms with Crippen molar-refractivity contribution >= 4 is 11.6 Å². The Kier molecular flexibility index (Phi) is 9.26. The molecule has 2 heterocycles. The van der Waals surface area contributed by atoms with E-state index in [0.717, 1.165) is 16.7 Å². The number of carbonyl (C=O) groups is 1. The highest BCUT2D eigenvalue weighted by atomic mass is 16.6. The van der Waals surface area contributed by atoms with Crippen LogP contribution in [0.25, 0.3) is 0 Å². The number of hydrogen-bond acceptors (Lipinski definition) is 7. The van der Waals surface area contributed by atoms with Crippen LogP contribution < -0.4 is 11.5 Å². The zero-order valence-electron chi connectivity index (χ0n) is 22.2. The van der Waals surface area contributed by atoms with Crippen LogP contribution in [-0.4, -0.2) is 30.8 Å². The molecule has 5 rings (SSSR count). The van der Waals surface area contributed by atoms with Crippen LogP contribution in [0, 0.1) is 0 Å². The number of furan rings is 1. The van der Waals surface area contributed by atoms with Crippen LogP contribution in [0.5, 0.6) is 0 Å². The summed E-state index contributed by atoms with van der Waals surface area (Å²) in [6.07, 6.45) is -0.661. The summed E-state index contributed by atoms with van der Waals surface area (Å²) in [5.41, 5.74) is 15.8. The van der Waals surface area contributed by atoms with E-state index in [0.29, 0.717) is 36.8 Å². The number of ether oxygens (including phenoxy) is 4. The van der Waals surface area contributed by atoms with E-state index in [9.17, 15) is 4.79 Å². The number of nitrogen functional groups attached to an aromatic ring is 1. The predicted molar refractivity (Wildman–Crippen MR) is 150 cm³/mol. The van der Waals surface area contributed by atoms with Crippen LogP contribution in [0.4, 0.5) is 5.69 Å². The number of carbonyl (C=O) groups excluding carboxylic acids is 1. The summed E-state index contributed by atoms with van der Waals surface area (Å²) in [6, 6.07) is 29.8. The first-order valence-corrected chi connectivity index (χ1v) is 13.3. The molecule has 0 aliphatic carbocycles. The monoisotopic (exact) mass is 542 g/mol. The average molecular weight is 543 g/mol. The Bertz CT molecular complexity index is 1350. The molecule has 0 radical (unpaired) electrons. The van der Waals surface area contributed by atoms with Crippen molar-refractivity contribution < 1.29 is 28.2 Å². The van der Waals surface area contributed by atoms with Crippen LogP contribution in [0.1, 0.15) is 34.1 Å². The van der Waals surface area contributed by atoms with Crippen molar-refractivity contribution in [1.29, 1.82) is 0 Å². The van der Waals surface area contributed by atoms with Gasteiger partial charge in [0.1, 0.15) is 30.2 Å². The van der Waals surface area contributed by atoms with Gasteiger partial charge in [-0.1, -0.05) is 91.0 Å². The summed E-state index contributed by atoms with van der Waals surface area (Å²) in [6.45, 7) is 1.43. The zero-order valence-corrected chi connectivity index (χ0v) is 22.2. The lowest BCUT2D eigenvalue weighted by Gasteiger charge is -2.25. The third-order valence-electron chi connectivity index (χ3n) is 6.86. The van der Waals surface area contributed by atoms with Gasteiger partial charge in [-0.25, -0.2) is 0 Å². The molecule has 8 heteroatoms. The molecule has 1 amide bonds. The van der Waals surface area contributed by atoms with E-state index in [4.69, 9.17) is 34.8 Å². The van der Waals surface area contributed by atoms with Gasteiger partial charge in [0.25, 0.3) is 0 Å². The molecule has 208 valence electrons. The minimum atomic E-state index is -0.611. The Morgan fingerprint density at radius 3 is 1.82 bits per heavy atom. The first-order chi connectivity index (χ1) is 19.6. The molecule has 0 spiro atoms. The van der Waals surface area contributed by atoms with E-state index >= 15 is 0 Å². The smallest absolute Gasteiger partial charge is 0.225 e. The second kappa shape index (κ2) is 13.4. The van der Waals surface area contributed by atoms with E-state index in [2.05, 4.69) is 0 Å². The van der Waals surface area contributed by atoms with Gasteiger partial charge in [-0.05, 0) is 16.7 Å². The van der Waals surface area contributed by atoms with Gasteiger partial charge in [-0.2, -0.15) is 0 Å². The number of nitrogens with two attached hydrogens (primary N) is 2. The Morgan fingerprint density at radius 1 is 0.750 bits per heavy atom. The molecule has 0 saturated carbocycles. The maximum atomic E-state index is 11.5. The number of primary amides is 1. The lowest BCUT2D eigenvalue weighted by Crippen LogP contribution is -2.37. The van der Waals surface area contributed by atoms with Crippen LogP contribution >= 0.6 is 0 Å². The van der Waals surface area contributed by atoms with Crippen LogP contribution in [0.2, 0.25) is 0 Å². The molecule has 0 bridgehead atoms. The number of hydrogen-bond donors (Lipinski definition) is 2. The normalized spacial score (nSPS) is 20.5. The Morgan fingerprint density at radius 2 is 1.27 bits per heavy atom. The quantitative estimate of drug-likeness (QED) is 0.251. The van der Waals surface area contributed by atoms with Crippen molar-refractivity contribution in [2.24, 2.45) is 5.73 Å². The minimum Gasteiger partial charge on any atom is -0.466 e. The van der Waals surface area contributed by atoms with E-state index in [-0.39, 0.29) is 13.0 Å². The SMILES string of the molecule is NC(=O)Cc1occ(C2OC(COCc3ccccc3)C(OCc3ccccc3)C2OCc2ccccc2)c1N. The predicted octanol–water partition coefficient (Wildman–Crippen LogP) is 4.72. The molecule has 3 aromatic carbocycles. The van der Waals surface area contributed by atoms with Crippen molar-refractivity contribution in [3.8, 4) is 0 Å². The van der Waals surface area contributed by atoms with Crippen molar-refractivity contribution in [2.75, 3.05) is 12.3 Å². The van der Waals surface area contributed by atoms with Crippen molar-refractivity contribution in [3.63, 3.8) is 0 Å². The van der Waals surface area contributed by atoms with Gasteiger partial charge in [-0.15, -0.1) is 0 Å². The van der Waals surface area contributed by atoms with Gasteiger partial charge >= 0.3 is 0 Å². The molecule has 4 unspecified atom stereocenters. The van der Waals surface area contributed by atoms with Crippen LogP contribution in [0.15, 0.2) is 102 Å². The van der Waals surface area contributed by atoms with Gasteiger partial charge in [0.2, 0.25) is 5.91 Å². The van der Waals surface area contributed by atoms with Crippen molar-refractivity contribution in [1.82, 2.24) is 0 Å². The molecule has 1 aliphatic rings. The number of amides is 1. The largest absolute Gasteiger partial charge is 0.466 e. The number of benzene rings is 3. The highest BCUT2D eigenvalue weighted by Crippen LogP contribution is 2.42. The fourth-order valence-corrected chi connectivity index (χ4v) is 4.83. The molecule has 4 N–H and O–H groups in total. The first kappa shape index (κ1) is 27.6. The fourth-order valence-electron chi connectivity index (χ4n) is 4.83. The summed E-state index contributed by atoms with van der Waals surface area (Å²) < 4.78 is 31.3. The fraction of sp³-hybridized carbons (Fsp3) is 0.281. The maximum Gasteiger partial charge on any atom is 0.225 e. The lowest BCUT2D eigenvalue weighted by molar-refractivity contribution is -0.117. The van der Waals surface area contributed by atoms with Gasteiger partial charge in [0.15, 0.2) is 0 Å². The second-order valence-corrected chi connectivity index (χ2v) is 9.79. The Balaban J connectivity index is 1.41. The molecule has 1 aliphatic heterocycles. The van der Waals surface area contributed by atoms with Crippen molar-refractivity contribution in [2.45, 2.75) is 50.7 Å². The zero-order chi connectivity index (χ0) is 27.7. The summed E-state index contributed by atoms with van der Waals surface area (Å²) in [5, 5.41) is 0. The van der Waals surface area contributed by atoms with E-state index in [1.807, 2.05) is 91.0 Å². The second-order valence-electron chi connectivity index (χ2n) is 9.79. The maximum absolute atomic E-state index is 11.5. The van der Waals surface area contributed by atoms with E-state index < -0.39 is 30.3 Å². The molecule has 4 atom stereocenters. The topological polar surface area (TPSA) is 119 Å². The molecule has 4 aromatic rings. The molecular formula is C32H34N2O6. The number of rotatable bonds is 13. The standard InChI is InChI=1S/C32H34N2O6/c33-28(35)16-26-29(34)25(20-37-26)30-32(39-19-24-14-8-3-9-15-24)31(38-18-23-12-6-2-7-13-23)27(40-30)21-36-17-22-10-4-1-5-11-22/h1-15,20,27,30-32H,16-19,21,34H2,(H2,33,35). The summed E-state index contributed by atoms with van der Waals surface area (Å²) >= 11 is 0. The molecule has 1 fully saturated rings. The number of anilines is 1. The van der Waals surface area contributed by atoms with Crippen LogP contribution in [-0.2, 0) is 50.0 Å². The van der Waals surface area contributed by atoms with Crippen LogP contribution in [0.3, 0.4) is 0 Å². The highest BCUT2D eigenvalue weighted by molar-refractivity contribution is 5.77. The van der Waals surface area contributed by atoms with E-state index in [1.165, 1.54) is 6.26 Å². The molecule has 40 heavy (non-hydrogen) atoms. The lowest BCUT2D eigenvalue weighted by atomic mass is 10.0. The average Bonchev–Trinajstić information content (AvgIpc) is 3.51. The Labute approximate surface area is 233 Å². The molecule has 1 aromatic heterocycles. The summed E-state index contributed by atoms with van der Waals surface area (Å²) in [5.74, 6) is -0.230. The summed E-state index contributed by atoms with van der Waals surface area (Å²) in [4.78, 5) is 11.5. The minimum absolute atomic E-state index is 0.106. The van der Waals surface area contributed by atoms with E-state index in [1.54, 1.807) is 0 Å². The first-order valence-electron chi connectivity index (χ1n) is 13.3. The van der Waals surface area contributed by atoms with Gasteiger partial charge in [0.05, 0.1) is 44.8 Å². The van der Waals surface area contributed by atoms with Gasteiger partial charge < -0.3 is 34.8 Å². The van der Waals surface area contributed by atoms with Crippen molar-refractivity contribution in [3.05, 3.63) is 125 Å². The molecular weight excluding hydrogens is 508 g/mol. The summed E-state index contributed by atoms with van der Waals surface area (Å²) in [7, 11) is 0. The molecule has 1 saturated heterocycles. The highest BCUT2D eigenvalue weighted by Gasteiger charge is 2.48. The third kappa shape index (κ3) is 6.97. The molecule has 8 nitrogen and oxygen atoms in total. The van der Waals surface area contributed by atoms with Gasteiger partial charge in [-0.3, -0.25) is 4.79 Å². The third-order valence-corrected chi connectivity index (χ3v) is 6.86. The Hall–Kier alpha value is -3.95.